The molecule has 1 amide bonds. The molecule has 3 heteroatoms. The minimum Gasteiger partial charge on any atom is -0.339 e. The van der Waals surface area contributed by atoms with Gasteiger partial charge < -0.3 is 4.90 Å². The second-order valence-corrected chi connectivity index (χ2v) is 5.01. The SMILES string of the molecule is [B]C1=CCC2(CC1)CCN(C(=O)C=C)CC2. The summed E-state index contributed by atoms with van der Waals surface area (Å²) < 4.78 is 0. The van der Waals surface area contributed by atoms with E-state index in [9.17, 15) is 4.79 Å². The normalized spacial score (nSPS) is 24.0. The number of allylic oxidation sites excluding steroid dienone is 2. The molecule has 1 saturated heterocycles. The first-order chi connectivity index (χ1) is 7.65. The molecule has 1 heterocycles. The molecule has 2 nitrogen and oxygen atoms in total. The number of likely N-dealkylation sites (tertiary alicyclic amines) is 1. The van der Waals surface area contributed by atoms with Gasteiger partial charge in [0.2, 0.25) is 5.91 Å². The topological polar surface area (TPSA) is 20.3 Å². The molecule has 0 aromatic carbocycles. The van der Waals surface area contributed by atoms with Crippen LogP contribution in [0, 0.1) is 5.41 Å². The Bertz CT molecular complexity index is 327. The van der Waals surface area contributed by atoms with Crippen molar-refractivity contribution in [3.63, 3.8) is 0 Å². The Morgan fingerprint density at radius 1 is 1.44 bits per heavy atom. The van der Waals surface area contributed by atoms with Gasteiger partial charge in [-0.05, 0) is 43.6 Å². The highest BCUT2D eigenvalue weighted by Gasteiger charge is 2.35. The van der Waals surface area contributed by atoms with Crippen LogP contribution in [0.2, 0.25) is 0 Å². The molecule has 1 fully saturated rings. The molecule has 0 N–H and O–H groups in total. The van der Waals surface area contributed by atoms with Crippen LogP contribution in [0.3, 0.4) is 0 Å². The van der Waals surface area contributed by atoms with Crippen LogP contribution in [0.5, 0.6) is 0 Å². The number of hydrogen-bond acceptors (Lipinski definition) is 1. The van der Waals surface area contributed by atoms with Crippen molar-refractivity contribution in [2.45, 2.75) is 32.1 Å². The second kappa shape index (κ2) is 4.48. The summed E-state index contributed by atoms with van der Waals surface area (Å²) >= 11 is 0. The smallest absolute Gasteiger partial charge is 0.245 e. The maximum Gasteiger partial charge on any atom is 0.245 e. The summed E-state index contributed by atoms with van der Waals surface area (Å²) in [6, 6.07) is 0. The highest BCUT2D eigenvalue weighted by atomic mass is 16.2. The molecule has 0 saturated carbocycles. The van der Waals surface area contributed by atoms with E-state index in [1.165, 1.54) is 12.5 Å². The lowest BCUT2D eigenvalue weighted by atomic mass is 9.66. The van der Waals surface area contributed by atoms with Crippen molar-refractivity contribution in [1.29, 1.82) is 0 Å². The predicted molar refractivity (Wildman–Crippen MR) is 66.1 cm³/mol. The Hall–Kier alpha value is -0.985. The maximum atomic E-state index is 11.5. The molecule has 2 aliphatic rings. The fourth-order valence-corrected chi connectivity index (χ4v) is 2.75. The van der Waals surface area contributed by atoms with Crippen LogP contribution in [0.4, 0.5) is 0 Å². The third-order valence-corrected chi connectivity index (χ3v) is 4.05. The number of carbonyl (C=O) groups excluding carboxylic acids is 1. The number of nitrogens with zero attached hydrogens (tertiary/aromatic N) is 1. The summed E-state index contributed by atoms with van der Waals surface area (Å²) in [5, 5.41) is 0. The van der Waals surface area contributed by atoms with Gasteiger partial charge in [-0.15, -0.1) is 5.47 Å². The Kier molecular flexibility index (Phi) is 3.22. The van der Waals surface area contributed by atoms with Gasteiger partial charge in [0.15, 0.2) is 0 Å². The van der Waals surface area contributed by atoms with E-state index in [-0.39, 0.29) is 5.91 Å². The number of rotatable bonds is 1. The Morgan fingerprint density at radius 3 is 2.62 bits per heavy atom. The van der Waals surface area contributed by atoms with E-state index < -0.39 is 0 Å². The van der Waals surface area contributed by atoms with Crippen molar-refractivity contribution in [2.24, 2.45) is 5.41 Å². The highest BCUT2D eigenvalue weighted by Crippen LogP contribution is 2.43. The van der Waals surface area contributed by atoms with Gasteiger partial charge in [-0.25, -0.2) is 0 Å². The molecule has 2 rings (SSSR count). The maximum absolute atomic E-state index is 11.5. The summed E-state index contributed by atoms with van der Waals surface area (Å²) in [7, 11) is 5.81. The van der Waals surface area contributed by atoms with Crippen LogP contribution in [0.1, 0.15) is 32.1 Å². The van der Waals surface area contributed by atoms with Crippen LogP contribution in [-0.4, -0.2) is 31.7 Å². The van der Waals surface area contributed by atoms with E-state index in [4.69, 9.17) is 7.85 Å². The largest absolute Gasteiger partial charge is 0.339 e. The lowest BCUT2D eigenvalue weighted by Gasteiger charge is -2.43. The van der Waals surface area contributed by atoms with Gasteiger partial charge >= 0.3 is 0 Å². The van der Waals surface area contributed by atoms with Crippen LogP contribution in [-0.2, 0) is 4.79 Å². The highest BCUT2D eigenvalue weighted by molar-refractivity contribution is 6.21. The van der Waals surface area contributed by atoms with Gasteiger partial charge in [-0.3, -0.25) is 4.79 Å². The van der Waals surface area contributed by atoms with Crippen molar-refractivity contribution in [1.82, 2.24) is 4.90 Å². The third-order valence-electron chi connectivity index (χ3n) is 4.05. The molecule has 0 aromatic rings. The Morgan fingerprint density at radius 2 is 2.12 bits per heavy atom. The monoisotopic (exact) mass is 215 g/mol. The van der Waals surface area contributed by atoms with E-state index in [2.05, 4.69) is 12.7 Å². The molecule has 1 spiro atoms. The van der Waals surface area contributed by atoms with Gasteiger partial charge in [-0.1, -0.05) is 12.7 Å². The van der Waals surface area contributed by atoms with Gasteiger partial charge in [0.25, 0.3) is 0 Å². The molecule has 0 unspecified atom stereocenters. The predicted octanol–water partition coefficient (Wildman–Crippen LogP) is 2.02. The molecular formula is C13H18BNO. The molecule has 84 valence electrons. The summed E-state index contributed by atoms with van der Waals surface area (Å²) in [6.07, 6.45) is 9.10. The summed E-state index contributed by atoms with van der Waals surface area (Å²) in [4.78, 5) is 13.4. The molecule has 2 radical (unpaired) electrons. The molecule has 0 aromatic heterocycles. The first-order valence-corrected chi connectivity index (χ1v) is 6.01. The van der Waals surface area contributed by atoms with Gasteiger partial charge in [-0.2, -0.15) is 0 Å². The minimum atomic E-state index is 0.0701. The molecule has 16 heavy (non-hydrogen) atoms. The third kappa shape index (κ3) is 2.23. The van der Waals surface area contributed by atoms with E-state index in [1.807, 2.05) is 4.90 Å². The average Bonchev–Trinajstić information content (AvgIpc) is 2.33. The van der Waals surface area contributed by atoms with Gasteiger partial charge in [0.1, 0.15) is 7.85 Å². The summed E-state index contributed by atoms with van der Waals surface area (Å²) in [5.74, 6) is 0.0701. The lowest BCUT2D eigenvalue weighted by Crippen LogP contribution is -2.43. The number of carbonyl (C=O) groups is 1. The van der Waals surface area contributed by atoms with E-state index in [0.29, 0.717) is 5.41 Å². The van der Waals surface area contributed by atoms with E-state index in [0.717, 1.165) is 44.2 Å². The first kappa shape index (κ1) is 11.5. The van der Waals surface area contributed by atoms with Crippen LogP contribution in [0.15, 0.2) is 24.2 Å². The standard InChI is InChI=1S/C13H18BNO/c1-2-12(16)15-9-7-13(8-10-15)5-3-11(14)4-6-13/h2-3H,1,4-10H2. The van der Waals surface area contributed by atoms with Crippen molar-refractivity contribution >= 4 is 13.8 Å². The number of amides is 1. The van der Waals surface area contributed by atoms with Gasteiger partial charge in [0.05, 0.1) is 0 Å². The fraction of sp³-hybridized carbons (Fsp3) is 0.615. The second-order valence-electron chi connectivity index (χ2n) is 5.01. The zero-order valence-electron chi connectivity index (χ0n) is 9.74. The van der Waals surface area contributed by atoms with Crippen molar-refractivity contribution in [2.75, 3.05) is 13.1 Å². The van der Waals surface area contributed by atoms with Crippen molar-refractivity contribution in [3.05, 3.63) is 24.2 Å². The minimum absolute atomic E-state index is 0.0701. The molecule has 0 atom stereocenters. The summed E-state index contributed by atoms with van der Waals surface area (Å²) in [5.41, 5.74) is 1.45. The molecule has 0 bridgehead atoms. The zero-order valence-corrected chi connectivity index (χ0v) is 9.74. The van der Waals surface area contributed by atoms with Crippen LogP contribution in [0.25, 0.3) is 0 Å². The Balaban J connectivity index is 1.94. The van der Waals surface area contributed by atoms with Crippen LogP contribution >= 0.6 is 0 Å². The Labute approximate surface area is 98.8 Å². The average molecular weight is 215 g/mol. The molecule has 1 aliphatic carbocycles. The number of piperidine rings is 1. The van der Waals surface area contributed by atoms with Gasteiger partial charge in [0, 0.05) is 13.1 Å². The van der Waals surface area contributed by atoms with Crippen molar-refractivity contribution in [3.8, 4) is 0 Å². The summed E-state index contributed by atoms with van der Waals surface area (Å²) in [6.45, 7) is 5.28. The number of hydrogen-bond donors (Lipinski definition) is 0. The van der Waals surface area contributed by atoms with E-state index in [1.54, 1.807) is 0 Å². The zero-order chi connectivity index (χ0) is 11.6. The van der Waals surface area contributed by atoms with Crippen LogP contribution < -0.4 is 0 Å². The lowest BCUT2D eigenvalue weighted by molar-refractivity contribution is -0.128. The fourth-order valence-electron chi connectivity index (χ4n) is 2.75. The molecular weight excluding hydrogens is 197 g/mol. The quantitative estimate of drug-likeness (QED) is 0.484. The molecule has 1 aliphatic heterocycles. The van der Waals surface area contributed by atoms with E-state index >= 15 is 0 Å². The van der Waals surface area contributed by atoms with Crippen molar-refractivity contribution < 1.29 is 4.79 Å². The first-order valence-electron chi connectivity index (χ1n) is 6.01.